The van der Waals surface area contributed by atoms with Gasteiger partial charge in [-0.25, -0.2) is 0 Å². The molecule has 1 amide bonds. The van der Waals surface area contributed by atoms with Gasteiger partial charge in [0.1, 0.15) is 0 Å². The first-order valence-corrected chi connectivity index (χ1v) is 6.80. The summed E-state index contributed by atoms with van der Waals surface area (Å²) < 4.78 is 5.26. The van der Waals surface area contributed by atoms with Crippen molar-refractivity contribution < 1.29 is 19.4 Å². The molecule has 19 heavy (non-hydrogen) atoms. The van der Waals surface area contributed by atoms with Crippen LogP contribution in [0.15, 0.2) is 0 Å². The lowest BCUT2D eigenvalue weighted by atomic mass is 9.82. The van der Waals surface area contributed by atoms with Crippen LogP contribution in [0, 0.1) is 11.3 Å². The van der Waals surface area contributed by atoms with Gasteiger partial charge in [-0.2, -0.15) is 0 Å². The molecule has 4 atom stereocenters. The van der Waals surface area contributed by atoms with Crippen LogP contribution in [0.1, 0.15) is 32.6 Å². The minimum atomic E-state index is -0.772. The van der Waals surface area contributed by atoms with Gasteiger partial charge in [-0.05, 0) is 26.2 Å². The predicted molar refractivity (Wildman–Crippen MR) is 68.4 cm³/mol. The number of carbonyl (C=O) groups excluding carboxylic acids is 1. The van der Waals surface area contributed by atoms with Gasteiger partial charge < -0.3 is 20.9 Å². The van der Waals surface area contributed by atoms with Gasteiger partial charge in [0.15, 0.2) is 0 Å². The summed E-state index contributed by atoms with van der Waals surface area (Å²) in [6.45, 7) is 2.53. The molecule has 4 N–H and O–H groups in total. The smallest absolute Gasteiger partial charge is 0.306 e. The maximum atomic E-state index is 12.3. The third kappa shape index (κ3) is 2.90. The summed E-state index contributed by atoms with van der Waals surface area (Å²) in [5.74, 6) is -1.24. The SMILES string of the molecule is CC1(C(=O)NC2CCCC(C(=O)O)C2)COCC1N. The Kier molecular flexibility index (Phi) is 4.10. The molecule has 0 radical (unpaired) electrons. The number of nitrogens with two attached hydrogens (primary N) is 1. The van der Waals surface area contributed by atoms with Crippen LogP contribution < -0.4 is 11.1 Å². The van der Waals surface area contributed by atoms with Gasteiger partial charge in [-0.1, -0.05) is 6.42 Å². The van der Waals surface area contributed by atoms with Crippen molar-refractivity contribution in [1.82, 2.24) is 5.32 Å². The maximum absolute atomic E-state index is 12.3. The lowest BCUT2D eigenvalue weighted by Gasteiger charge is -2.32. The van der Waals surface area contributed by atoms with Gasteiger partial charge in [0, 0.05) is 12.1 Å². The largest absolute Gasteiger partial charge is 0.481 e. The zero-order chi connectivity index (χ0) is 14.0. The number of amides is 1. The van der Waals surface area contributed by atoms with Crippen molar-refractivity contribution in [1.29, 1.82) is 0 Å². The molecule has 2 aliphatic rings. The van der Waals surface area contributed by atoms with Crippen LogP contribution in [0.3, 0.4) is 0 Å². The molecule has 0 aromatic rings. The Hall–Kier alpha value is -1.14. The molecule has 4 unspecified atom stereocenters. The van der Waals surface area contributed by atoms with E-state index in [4.69, 9.17) is 15.6 Å². The Morgan fingerprint density at radius 3 is 2.74 bits per heavy atom. The van der Waals surface area contributed by atoms with E-state index in [-0.39, 0.29) is 23.9 Å². The zero-order valence-corrected chi connectivity index (χ0v) is 11.2. The lowest BCUT2D eigenvalue weighted by Crippen LogP contribution is -2.53. The van der Waals surface area contributed by atoms with Crippen molar-refractivity contribution in [2.75, 3.05) is 13.2 Å². The van der Waals surface area contributed by atoms with Crippen LogP contribution in [0.2, 0.25) is 0 Å². The van der Waals surface area contributed by atoms with Gasteiger partial charge in [0.2, 0.25) is 5.91 Å². The van der Waals surface area contributed by atoms with Crippen molar-refractivity contribution in [2.24, 2.45) is 17.1 Å². The van der Waals surface area contributed by atoms with Crippen LogP contribution in [-0.4, -0.2) is 42.3 Å². The molecule has 1 aliphatic carbocycles. The second-order valence-electron chi connectivity index (χ2n) is 5.91. The second-order valence-corrected chi connectivity index (χ2v) is 5.91. The Morgan fingerprint density at radius 1 is 1.42 bits per heavy atom. The Labute approximate surface area is 112 Å². The molecule has 6 heteroatoms. The molecule has 1 aliphatic heterocycles. The number of hydrogen-bond donors (Lipinski definition) is 3. The molecule has 2 fully saturated rings. The Morgan fingerprint density at radius 2 is 2.16 bits per heavy atom. The molecule has 6 nitrogen and oxygen atoms in total. The van der Waals surface area contributed by atoms with Crippen LogP contribution in [-0.2, 0) is 14.3 Å². The molecular formula is C13H22N2O4. The average molecular weight is 270 g/mol. The molecule has 1 saturated heterocycles. The number of carbonyl (C=O) groups is 2. The number of carboxylic acid groups (broad SMARTS) is 1. The second kappa shape index (κ2) is 5.46. The topological polar surface area (TPSA) is 102 Å². The van der Waals surface area contributed by atoms with Gasteiger partial charge in [0.25, 0.3) is 0 Å². The first-order valence-electron chi connectivity index (χ1n) is 6.80. The molecule has 0 aromatic carbocycles. The van der Waals surface area contributed by atoms with E-state index in [1.807, 2.05) is 0 Å². The predicted octanol–water partition coefficient (Wildman–Crippen LogP) is 0.110. The minimum absolute atomic E-state index is 0.0630. The van der Waals surface area contributed by atoms with E-state index in [1.54, 1.807) is 6.92 Å². The summed E-state index contributed by atoms with van der Waals surface area (Å²) in [4.78, 5) is 23.3. The number of aliphatic carboxylic acids is 1. The number of nitrogens with one attached hydrogen (secondary N) is 1. The van der Waals surface area contributed by atoms with E-state index >= 15 is 0 Å². The standard InChI is InChI=1S/C13H22N2O4/c1-13(7-19-6-10(13)14)12(18)15-9-4-2-3-8(5-9)11(16)17/h8-10H,2-7,14H2,1H3,(H,15,18)(H,16,17). The van der Waals surface area contributed by atoms with E-state index in [0.717, 1.165) is 12.8 Å². The van der Waals surface area contributed by atoms with E-state index in [9.17, 15) is 9.59 Å². The summed E-state index contributed by atoms with van der Waals surface area (Å²) >= 11 is 0. The van der Waals surface area contributed by atoms with Crippen LogP contribution in [0.5, 0.6) is 0 Å². The normalized spacial score (nSPS) is 38.9. The van der Waals surface area contributed by atoms with Gasteiger partial charge in [-0.3, -0.25) is 9.59 Å². The van der Waals surface area contributed by atoms with Crippen molar-refractivity contribution in [3.05, 3.63) is 0 Å². The summed E-state index contributed by atoms with van der Waals surface area (Å²) in [5.41, 5.74) is 5.22. The average Bonchev–Trinajstić information content (AvgIpc) is 2.71. The third-order valence-electron chi connectivity index (χ3n) is 4.40. The lowest BCUT2D eigenvalue weighted by molar-refractivity contribution is -0.143. The van der Waals surface area contributed by atoms with Crippen LogP contribution in [0.4, 0.5) is 0 Å². The van der Waals surface area contributed by atoms with Gasteiger partial charge in [-0.15, -0.1) is 0 Å². The number of carboxylic acids is 1. The fourth-order valence-corrected chi connectivity index (χ4v) is 2.82. The molecule has 108 valence electrons. The number of hydrogen-bond acceptors (Lipinski definition) is 4. The molecule has 0 aromatic heterocycles. The van der Waals surface area contributed by atoms with E-state index in [1.165, 1.54) is 0 Å². The van der Waals surface area contributed by atoms with Gasteiger partial charge >= 0.3 is 5.97 Å². The summed E-state index contributed by atoms with van der Waals surface area (Å²) in [5, 5.41) is 12.0. The molecular weight excluding hydrogens is 248 g/mol. The van der Waals surface area contributed by atoms with Crippen LogP contribution in [0.25, 0.3) is 0 Å². The molecule has 1 heterocycles. The highest BCUT2D eigenvalue weighted by Gasteiger charge is 2.45. The first-order chi connectivity index (χ1) is 8.93. The molecule has 2 rings (SSSR count). The summed E-state index contributed by atoms with van der Waals surface area (Å²) in [7, 11) is 0. The highest BCUT2D eigenvalue weighted by molar-refractivity contribution is 5.84. The van der Waals surface area contributed by atoms with Crippen molar-refractivity contribution in [3.63, 3.8) is 0 Å². The highest BCUT2D eigenvalue weighted by Crippen LogP contribution is 2.29. The minimum Gasteiger partial charge on any atom is -0.481 e. The highest BCUT2D eigenvalue weighted by atomic mass is 16.5. The molecule has 0 spiro atoms. The van der Waals surface area contributed by atoms with E-state index < -0.39 is 11.4 Å². The van der Waals surface area contributed by atoms with Gasteiger partial charge in [0.05, 0.1) is 24.5 Å². The first kappa shape index (κ1) is 14.3. The summed E-state index contributed by atoms with van der Waals surface area (Å²) in [6.07, 6.45) is 2.87. The fourth-order valence-electron chi connectivity index (χ4n) is 2.82. The number of ether oxygens (including phenoxy) is 1. The zero-order valence-electron chi connectivity index (χ0n) is 11.2. The maximum Gasteiger partial charge on any atom is 0.306 e. The van der Waals surface area contributed by atoms with Crippen LogP contribution >= 0.6 is 0 Å². The molecule has 0 bridgehead atoms. The Balaban J connectivity index is 1.93. The Bertz CT molecular complexity index is 374. The van der Waals surface area contributed by atoms with Crippen molar-refractivity contribution >= 4 is 11.9 Å². The summed E-state index contributed by atoms with van der Waals surface area (Å²) in [6, 6.07) is -0.363. The third-order valence-corrected chi connectivity index (χ3v) is 4.40. The van der Waals surface area contributed by atoms with Crippen molar-refractivity contribution in [2.45, 2.75) is 44.7 Å². The fraction of sp³-hybridized carbons (Fsp3) is 0.846. The number of rotatable bonds is 3. The molecule has 1 saturated carbocycles. The quantitative estimate of drug-likeness (QED) is 0.675. The monoisotopic (exact) mass is 270 g/mol. The van der Waals surface area contributed by atoms with E-state index in [2.05, 4.69) is 5.32 Å². The van der Waals surface area contributed by atoms with E-state index in [0.29, 0.717) is 26.1 Å². The van der Waals surface area contributed by atoms with Crippen molar-refractivity contribution in [3.8, 4) is 0 Å².